The van der Waals surface area contributed by atoms with Crippen molar-refractivity contribution in [2.45, 2.75) is 26.9 Å². The van der Waals surface area contributed by atoms with Crippen molar-refractivity contribution in [3.63, 3.8) is 0 Å². The lowest BCUT2D eigenvalue weighted by atomic mass is 10.1. The van der Waals surface area contributed by atoms with Crippen molar-refractivity contribution in [3.05, 3.63) is 52.6 Å². The molecule has 7 nitrogen and oxygen atoms in total. The van der Waals surface area contributed by atoms with E-state index in [1.54, 1.807) is 19.1 Å². The summed E-state index contributed by atoms with van der Waals surface area (Å²) in [5.41, 5.74) is 0.297. The number of fused-ring (bicyclic) bond motifs is 1. The number of rotatable bonds is 5. The van der Waals surface area contributed by atoms with E-state index in [2.05, 4.69) is 0 Å². The van der Waals surface area contributed by atoms with Gasteiger partial charge in [-0.3, -0.25) is 9.59 Å². The fraction of sp³-hybridized carbons (Fsp3) is 0.316. The lowest BCUT2D eigenvalue weighted by molar-refractivity contribution is 0.0519. The van der Waals surface area contributed by atoms with Crippen molar-refractivity contribution in [1.29, 1.82) is 0 Å². The van der Waals surface area contributed by atoms with E-state index >= 15 is 0 Å². The quantitative estimate of drug-likeness (QED) is 0.641. The van der Waals surface area contributed by atoms with Gasteiger partial charge in [-0.2, -0.15) is 0 Å². The number of amides is 1. The summed E-state index contributed by atoms with van der Waals surface area (Å²) in [4.78, 5) is 38.6. The van der Waals surface area contributed by atoms with Crippen LogP contribution in [0.25, 0.3) is 0 Å². The molecule has 1 amide bonds. The average Bonchev–Trinajstić information content (AvgIpc) is 2.93. The normalized spacial score (nSPS) is 13.4. The molecular formula is C19H19FN2O5. The van der Waals surface area contributed by atoms with Gasteiger partial charge in [0, 0.05) is 26.6 Å². The highest BCUT2D eigenvalue weighted by Crippen LogP contribution is 2.34. The summed E-state index contributed by atoms with van der Waals surface area (Å²) in [6.07, 6.45) is 0. The summed E-state index contributed by atoms with van der Waals surface area (Å²) in [6, 6.07) is 5.75. The highest BCUT2D eigenvalue weighted by atomic mass is 19.1. The standard InChI is InChI=1S/C19H19FN2O5/c1-3-27-19(26)14-15(11(2)23)22-9-8-21(18(25)16(22)17(14)24)10-12-4-6-13(20)7-5-12/h4-7,24H,3,8-10H2,1-2H3. The zero-order chi connectivity index (χ0) is 19.7. The monoisotopic (exact) mass is 374 g/mol. The number of hydrogen-bond donors (Lipinski definition) is 1. The van der Waals surface area contributed by atoms with E-state index in [4.69, 9.17) is 4.74 Å². The van der Waals surface area contributed by atoms with Crippen molar-refractivity contribution >= 4 is 17.7 Å². The number of ketones is 1. The van der Waals surface area contributed by atoms with E-state index in [1.165, 1.54) is 28.5 Å². The predicted molar refractivity (Wildman–Crippen MR) is 93.2 cm³/mol. The number of aromatic hydroxyl groups is 1. The number of hydrogen-bond acceptors (Lipinski definition) is 5. The van der Waals surface area contributed by atoms with E-state index in [-0.39, 0.29) is 49.0 Å². The minimum atomic E-state index is -0.847. The highest BCUT2D eigenvalue weighted by molar-refractivity contribution is 6.11. The SMILES string of the molecule is CCOC(=O)c1c(O)c2n(c1C(C)=O)CCN(Cc1ccc(F)cc1)C2=O. The third kappa shape index (κ3) is 3.30. The minimum absolute atomic E-state index is 0.0317. The summed E-state index contributed by atoms with van der Waals surface area (Å²) < 4.78 is 19.4. The number of carbonyl (C=O) groups is 3. The largest absolute Gasteiger partial charge is 0.505 e. The summed E-state index contributed by atoms with van der Waals surface area (Å²) in [6.45, 7) is 3.67. The second-order valence-electron chi connectivity index (χ2n) is 6.20. The van der Waals surface area contributed by atoms with Gasteiger partial charge in [-0.25, -0.2) is 9.18 Å². The highest BCUT2D eigenvalue weighted by Gasteiger charge is 2.37. The molecule has 0 fully saturated rings. The van der Waals surface area contributed by atoms with E-state index in [1.807, 2.05) is 0 Å². The molecule has 1 aliphatic heterocycles. The fourth-order valence-electron chi connectivity index (χ4n) is 3.24. The molecule has 0 saturated heterocycles. The van der Waals surface area contributed by atoms with E-state index < -0.39 is 23.4 Å². The number of ether oxygens (including phenoxy) is 1. The minimum Gasteiger partial charge on any atom is -0.505 e. The molecular weight excluding hydrogens is 355 g/mol. The van der Waals surface area contributed by atoms with Crippen molar-refractivity contribution in [3.8, 4) is 5.75 Å². The van der Waals surface area contributed by atoms with Crippen LogP contribution in [-0.4, -0.2) is 45.4 Å². The van der Waals surface area contributed by atoms with Crippen LogP contribution in [0.15, 0.2) is 24.3 Å². The molecule has 1 aromatic heterocycles. The molecule has 0 unspecified atom stereocenters. The third-order valence-corrected chi connectivity index (χ3v) is 4.42. The Kier molecular flexibility index (Phi) is 4.98. The van der Waals surface area contributed by atoms with Gasteiger partial charge in [-0.1, -0.05) is 12.1 Å². The van der Waals surface area contributed by atoms with E-state index in [9.17, 15) is 23.9 Å². The van der Waals surface area contributed by atoms with Crippen molar-refractivity contribution in [2.24, 2.45) is 0 Å². The summed E-state index contributed by atoms with van der Waals surface area (Å²) in [5.74, 6) is -2.73. The first-order valence-corrected chi connectivity index (χ1v) is 8.52. The van der Waals surface area contributed by atoms with Gasteiger partial charge in [0.15, 0.2) is 17.2 Å². The van der Waals surface area contributed by atoms with Crippen molar-refractivity contribution in [2.75, 3.05) is 13.2 Å². The Morgan fingerprint density at radius 3 is 2.48 bits per heavy atom. The molecule has 0 spiro atoms. The Labute approximate surface area is 155 Å². The van der Waals surface area contributed by atoms with Crippen LogP contribution in [0.3, 0.4) is 0 Å². The second kappa shape index (κ2) is 7.22. The Balaban J connectivity index is 1.99. The molecule has 2 heterocycles. The van der Waals surface area contributed by atoms with Gasteiger partial charge in [-0.15, -0.1) is 0 Å². The van der Waals surface area contributed by atoms with Gasteiger partial charge in [0.05, 0.1) is 6.61 Å². The summed E-state index contributed by atoms with van der Waals surface area (Å²) in [5, 5.41) is 10.5. The Morgan fingerprint density at radius 1 is 1.22 bits per heavy atom. The van der Waals surface area contributed by atoms with Crippen LogP contribution in [0.5, 0.6) is 5.75 Å². The maximum Gasteiger partial charge on any atom is 0.344 e. The molecule has 0 aliphatic carbocycles. The first-order valence-electron chi connectivity index (χ1n) is 8.52. The molecule has 0 saturated carbocycles. The number of carbonyl (C=O) groups excluding carboxylic acids is 3. The number of nitrogens with zero attached hydrogens (tertiary/aromatic N) is 2. The molecule has 0 atom stereocenters. The second-order valence-corrected chi connectivity index (χ2v) is 6.20. The molecule has 1 aromatic carbocycles. The fourth-order valence-corrected chi connectivity index (χ4v) is 3.24. The van der Waals surface area contributed by atoms with Gasteiger partial charge in [0.25, 0.3) is 5.91 Å². The van der Waals surface area contributed by atoms with E-state index in [0.29, 0.717) is 0 Å². The van der Waals surface area contributed by atoms with Gasteiger partial charge >= 0.3 is 5.97 Å². The third-order valence-electron chi connectivity index (χ3n) is 4.42. The van der Waals surface area contributed by atoms with Crippen LogP contribution < -0.4 is 0 Å². The predicted octanol–water partition coefficient (Wildman–Crippen LogP) is 2.37. The van der Waals surface area contributed by atoms with Crippen LogP contribution in [-0.2, 0) is 17.8 Å². The molecule has 1 aliphatic rings. The number of benzene rings is 1. The summed E-state index contributed by atoms with van der Waals surface area (Å²) >= 11 is 0. The Bertz CT molecular complexity index is 917. The van der Waals surface area contributed by atoms with Crippen LogP contribution in [0.1, 0.15) is 50.7 Å². The Morgan fingerprint density at radius 2 is 1.89 bits per heavy atom. The smallest absolute Gasteiger partial charge is 0.344 e. The van der Waals surface area contributed by atoms with Crippen LogP contribution in [0.4, 0.5) is 4.39 Å². The maximum absolute atomic E-state index is 13.1. The number of Topliss-reactive ketones (excluding diaryl/α,β-unsaturated/α-hetero) is 1. The topological polar surface area (TPSA) is 88.8 Å². The van der Waals surface area contributed by atoms with E-state index in [0.717, 1.165) is 5.56 Å². The van der Waals surface area contributed by atoms with Crippen LogP contribution >= 0.6 is 0 Å². The molecule has 142 valence electrons. The lowest BCUT2D eigenvalue weighted by Gasteiger charge is -2.29. The zero-order valence-corrected chi connectivity index (χ0v) is 15.0. The first kappa shape index (κ1) is 18.6. The molecule has 0 radical (unpaired) electrons. The maximum atomic E-state index is 13.1. The van der Waals surface area contributed by atoms with Gasteiger partial charge in [-0.05, 0) is 24.6 Å². The lowest BCUT2D eigenvalue weighted by Crippen LogP contribution is -2.40. The van der Waals surface area contributed by atoms with Crippen LogP contribution in [0, 0.1) is 5.82 Å². The Hall–Kier alpha value is -3.16. The van der Waals surface area contributed by atoms with Crippen molar-refractivity contribution < 1.29 is 28.6 Å². The molecule has 2 aromatic rings. The first-order chi connectivity index (χ1) is 12.8. The van der Waals surface area contributed by atoms with Gasteiger partial charge < -0.3 is 19.3 Å². The molecule has 3 rings (SSSR count). The molecule has 8 heteroatoms. The average molecular weight is 374 g/mol. The van der Waals surface area contributed by atoms with Crippen LogP contribution in [0.2, 0.25) is 0 Å². The zero-order valence-electron chi connectivity index (χ0n) is 15.0. The summed E-state index contributed by atoms with van der Waals surface area (Å²) in [7, 11) is 0. The number of halogens is 1. The molecule has 27 heavy (non-hydrogen) atoms. The van der Waals surface area contributed by atoms with Crippen molar-refractivity contribution in [1.82, 2.24) is 9.47 Å². The van der Waals surface area contributed by atoms with Gasteiger partial charge in [0.1, 0.15) is 17.1 Å². The van der Waals surface area contributed by atoms with Gasteiger partial charge in [0.2, 0.25) is 0 Å². The molecule has 1 N–H and O–H groups in total. The molecule has 0 bridgehead atoms. The number of esters is 1. The number of aromatic nitrogens is 1.